The molecule has 1 N–H and O–H groups in total. The van der Waals surface area contributed by atoms with E-state index in [1.54, 1.807) is 17.0 Å². The van der Waals surface area contributed by atoms with Crippen LogP contribution in [-0.4, -0.2) is 59.9 Å². The van der Waals surface area contributed by atoms with Crippen molar-refractivity contribution in [3.63, 3.8) is 0 Å². The van der Waals surface area contributed by atoms with Gasteiger partial charge < -0.3 is 14.6 Å². The monoisotopic (exact) mass is 319 g/mol. The molecule has 2 heterocycles. The summed E-state index contributed by atoms with van der Waals surface area (Å²) in [7, 11) is 0. The van der Waals surface area contributed by atoms with Crippen LogP contribution in [0.15, 0.2) is 22.8 Å². The molecule has 1 aromatic heterocycles. The summed E-state index contributed by atoms with van der Waals surface area (Å²) >= 11 is 0. The first-order chi connectivity index (χ1) is 11.1. The lowest BCUT2D eigenvalue weighted by Crippen LogP contribution is -2.55. The molecule has 6 nitrogen and oxygen atoms in total. The van der Waals surface area contributed by atoms with Crippen LogP contribution >= 0.6 is 0 Å². The number of rotatable bonds is 4. The van der Waals surface area contributed by atoms with Crippen molar-refractivity contribution >= 4 is 11.8 Å². The van der Waals surface area contributed by atoms with Crippen LogP contribution < -0.4 is 5.32 Å². The van der Waals surface area contributed by atoms with Gasteiger partial charge in [-0.05, 0) is 31.9 Å². The van der Waals surface area contributed by atoms with Crippen molar-refractivity contribution in [2.24, 2.45) is 0 Å². The second-order valence-electron chi connectivity index (χ2n) is 6.47. The standard InChI is InChI=1S/C17H25N3O3/c1-13(16(21)18-14-5-2-3-6-14)19-8-10-20(11-9-19)17(22)15-7-4-12-23-15/h4,7,12-14H,2-3,5-6,8-11H2,1H3,(H,18,21)/t13-/m1/s1. The van der Waals surface area contributed by atoms with Crippen LogP contribution in [-0.2, 0) is 4.79 Å². The van der Waals surface area contributed by atoms with Gasteiger partial charge in [-0.25, -0.2) is 0 Å². The molecule has 0 spiro atoms. The van der Waals surface area contributed by atoms with Gasteiger partial charge in [-0.15, -0.1) is 0 Å². The van der Waals surface area contributed by atoms with Crippen molar-refractivity contribution < 1.29 is 14.0 Å². The van der Waals surface area contributed by atoms with Crippen molar-refractivity contribution in [2.45, 2.75) is 44.7 Å². The van der Waals surface area contributed by atoms with Crippen LogP contribution in [0, 0.1) is 0 Å². The second kappa shape index (κ2) is 7.17. The van der Waals surface area contributed by atoms with E-state index in [-0.39, 0.29) is 17.9 Å². The second-order valence-corrected chi connectivity index (χ2v) is 6.47. The van der Waals surface area contributed by atoms with Gasteiger partial charge in [0.05, 0.1) is 12.3 Å². The molecule has 23 heavy (non-hydrogen) atoms. The Hall–Kier alpha value is -1.82. The first kappa shape index (κ1) is 16.1. The number of carbonyl (C=O) groups is 2. The molecule has 0 radical (unpaired) electrons. The van der Waals surface area contributed by atoms with Crippen LogP contribution in [0.2, 0.25) is 0 Å². The Balaban J connectivity index is 1.48. The molecule has 1 saturated heterocycles. The Morgan fingerprint density at radius 2 is 1.91 bits per heavy atom. The minimum atomic E-state index is -0.142. The van der Waals surface area contributed by atoms with E-state index >= 15 is 0 Å². The number of piperazine rings is 1. The van der Waals surface area contributed by atoms with Crippen molar-refractivity contribution in [1.29, 1.82) is 0 Å². The fourth-order valence-electron chi connectivity index (χ4n) is 3.43. The summed E-state index contributed by atoms with van der Waals surface area (Å²) in [5, 5.41) is 3.16. The van der Waals surface area contributed by atoms with Crippen molar-refractivity contribution in [2.75, 3.05) is 26.2 Å². The lowest BCUT2D eigenvalue weighted by molar-refractivity contribution is -0.127. The highest BCUT2D eigenvalue weighted by atomic mass is 16.3. The van der Waals surface area contributed by atoms with Crippen molar-refractivity contribution in [1.82, 2.24) is 15.1 Å². The van der Waals surface area contributed by atoms with Crippen LogP contribution in [0.25, 0.3) is 0 Å². The van der Waals surface area contributed by atoms with Gasteiger partial charge in [0.25, 0.3) is 5.91 Å². The van der Waals surface area contributed by atoms with E-state index < -0.39 is 0 Å². The zero-order chi connectivity index (χ0) is 16.2. The fourth-order valence-corrected chi connectivity index (χ4v) is 3.43. The third kappa shape index (κ3) is 3.75. The molecule has 2 aliphatic rings. The Kier molecular flexibility index (Phi) is 5.00. The molecule has 0 aromatic carbocycles. The molecule has 1 aliphatic heterocycles. The van der Waals surface area contributed by atoms with Gasteiger partial charge in [0, 0.05) is 32.2 Å². The molecular weight excluding hydrogens is 294 g/mol. The highest BCUT2D eigenvalue weighted by molar-refractivity contribution is 5.91. The fraction of sp³-hybridized carbons (Fsp3) is 0.647. The zero-order valence-electron chi connectivity index (χ0n) is 13.7. The van der Waals surface area contributed by atoms with E-state index in [9.17, 15) is 9.59 Å². The molecule has 2 amide bonds. The SMILES string of the molecule is C[C@H](C(=O)NC1CCCC1)N1CCN(C(=O)c2ccco2)CC1. The van der Waals surface area contributed by atoms with Crippen LogP contribution in [0.4, 0.5) is 0 Å². The third-order valence-corrected chi connectivity index (χ3v) is 4.96. The number of nitrogens with zero attached hydrogens (tertiary/aromatic N) is 2. The van der Waals surface area contributed by atoms with Crippen molar-refractivity contribution in [3.05, 3.63) is 24.2 Å². The number of amides is 2. The molecule has 6 heteroatoms. The molecule has 126 valence electrons. The predicted octanol–water partition coefficient (Wildman–Crippen LogP) is 1.48. The third-order valence-electron chi connectivity index (χ3n) is 4.96. The first-order valence-electron chi connectivity index (χ1n) is 8.52. The summed E-state index contributed by atoms with van der Waals surface area (Å²) in [5.41, 5.74) is 0. The summed E-state index contributed by atoms with van der Waals surface area (Å²) in [6.45, 7) is 4.63. The minimum Gasteiger partial charge on any atom is -0.459 e. The van der Waals surface area contributed by atoms with E-state index in [1.165, 1.54) is 19.1 Å². The topological polar surface area (TPSA) is 65.8 Å². The van der Waals surface area contributed by atoms with Gasteiger partial charge in [-0.2, -0.15) is 0 Å². The zero-order valence-corrected chi connectivity index (χ0v) is 13.7. The number of carbonyl (C=O) groups excluding carboxylic acids is 2. The molecule has 1 saturated carbocycles. The van der Waals surface area contributed by atoms with Gasteiger partial charge in [0.15, 0.2) is 5.76 Å². The maximum Gasteiger partial charge on any atom is 0.289 e. The summed E-state index contributed by atoms with van der Waals surface area (Å²) in [5.74, 6) is 0.422. The van der Waals surface area contributed by atoms with E-state index in [4.69, 9.17) is 4.42 Å². The minimum absolute atomic E-state index is 0.0716. The highest BCUT2D eigenvalue weighted by Gasteiger charge is 2.29. The molecule has 1 atom stereocenters. The average Bonchev–Trinajstić information content (AvgIpc) is 3.27. The maximum atomic E-state index is 12.4. The Morgan fingerprint density at radius 1 is 1.22 bits per heavy atom. The van der Waals surface area contributed by atoms with Crippen LogP contribution in [0.5, 0.6) is 0 Å². The average molecular weight is 319 g/mol. The molecule has 3 rings (SSSR count). The van der Waals surface area contributed by atoms with Gasteiger partial charge in [-0.1, -0.05) is 12.8 Å². The Bertz CT molecular complexity index is 529. The molecule has 2 fully saturated rings. The first-order valence-corrected chi connectivity index (χ1v) is 8.52. The smallest absolute Gasteiger partial charge is 0.289 e. The summed E-state index contributed by atoms with van der Waals surface area (Å²) in [6.07, 6.45) is 6.15. The largest absolute Gasteiger partial charge is 0.459 e. The quantitative estimate of drug-likeness (QED) is 0.913. The molecule has 1 aliphatic carbocycles. The Labute approximate surface area is 136 Å². The number of hydrogen-bond acceptors (Lipinski definition) is 4. The van der Waals surface area contributed by atoms with Crippen LogP contribution in [0.1, 0.15) is 43.2 Å². The summed E-state index contributed by atoms with van der Waals surface area (Å²) in [6, 6.07) is 3.62. The number of nitrogens with one attached hydrogen (secondary N) is 1. The van der Waals surface area contributed by atoms with Crippen LogP contribution in [0.3, 0.4) is 0 Å². The molecule has 0 bridgehead atoms. The van der Waals surface area contributed by atoms with E-state index in [0.29, 0.717) is 38.0 Å². The summed E-state index contributed by atoms with van der Waals surface area (Å²) < 4.78 is 5.17. The normalized spacial score (nSPS) is 21.3. The van der Waals surface area contributed by atoms with Gasteiger partial charge in [0.1, 0.15) is 0 Å². The van der Waals surface area contributed by atoms with Gasteiger partial charge >= 0.3 is 0 Å². The number of furan rings is 1. The van der Waals surface area contributed by atoms with Gasteiger partial charge in [-0.3, -0.25) is 14.5 Å². The maximum absolute atomic E-state index is 12.4. The lowest BCUT2D eigenvalue weighted by atomic mass is 10.2. The Morgan fingerprint density at radius 3 is 2.52 bits per heavy atom. The predicted molar refractivity (Wildman–Crippen MR) is 86.0 cm³/mol. The number of hydrogen-bond donors (Lipinski definition) is 1. The molecular formula is C17H25N3O3. The van der Waals surface area contributed by atoms with E-state index in [1.807, 2.05) is 6.92 Å². The molecule has 1 aromatic rings. The highest BCUT2D eigenvalue weighted by Crippen LogP contribution is 2.18. The van der Waals surface area contributed by atoms with Crippen molar-refractivity contribution in [3.8, 4) is 0 Å². The van der Waals surface area contributed by atoms with Gasteiger partial charge in [0.2, 0.25) is 5.91 Å². The van der Waals surface area contributed by atoms with E-state index in [0.717, 1.165) is 12.8 Å². The van der Waals surface area contributed by atoms with E-state index in [2.05, 4.69) is 10.2 Å². The summed E-state index contributed by atoms with van der Waals surface area (Å²) in [4.78, 5) is 28.5. The molecule has 0 unspecified atom stereocenters. The lowest BCUT2D eigenvalue weighted by Gasteiger charge is -2.37.